The van der Waals surface area contributed by atoms with Crippen LogP contribution >= 0.6 is 11.8 Å². The molecular weight excluding hydrogens is 451 g/mol. The van der Waals surface area contributed by atoms with Gasteiger partial charge in [-0.15, -0.1) is 11.8 Å². The molecule has 0 bridgehead atoms. The summed E-state index contributed by atoms with van der Waals surface area (Å²) in [5.74, 6) is -0.448. The fourth-order valence-electron chi connectivity index (χ4n) is 4.98. The molecule has 5 unspecified atom stereocenters. The number of hydrogen-bond acceptors (Lipinski definition) is 5. The molecule has 0 saturated carbocycles. The lowest BCUT2D eigenvalue weighted by Crippen LogP contribution is -2.69. The number of carbonyl (C=O) groups excluding carboxylic acids is 2. The number of nitrogens with zero attached hydrogens (tertiary/aromatic N) is 1. The maximum absolute atomic E-state index is 13.2. The van der Waals surface area contributed by atoms with Gasteiger partial charge in [0.1, 0.15) is 17.4 Å². The zero-order valence-electron chi connectivity index (χ0n) is 19.0. The molecule has 5 rings (SSSR count). The van der Waals surface area contributed by atoms with Crippen LogP contribution < -0.4 is 16.0 Å². The van der Waals surface area contributed by atoms with E-state index in [1.807, 2.05) is 25.1 Å². The molecule has 0 aliphatic carbocycles. The number of amides is 2. The highest BCUT2D eigenvalue weighted by Crippen LogP contribution is 2.38. The van der Waals surface area contributed by atoms with Crippen LogP contribution in [0.2, 0.25) is 0 Å². The van der Waals surface area contributed by atoms with Crippen LogP contribution in [0, 0.1) is 11.7 Å². The highest BCUT2D eigenvalue weighted by Gasteiger charge is 2.44. The van der Waals surface area contributed by atoms with E-state index in [4.69, 9.17) is 0 Å². The molecule has 178 valence electrons. The molecule has 34 heavy (non-hydrogen) atoms. The highest BCUT2D eigenvalue weighted by molar-refractivity contribution is 8.04. The van der Waals surface area contributed by atoms with Crippen LogP contribution in [0.25, 0.3) is 5.57 Å². The molecule has 2 saturated heterocycles. The third-order valence-corrected chi connectivity index (χ3v) is 8.05. The largest absolute Gasteiger partial charge is 0.349 e. The predicted octanol–water partition coefficient (Wildman–Crippen LogP) is 3.24. The lowest BCUT2D eigenvalue weighted by Gasteiger charge is -2.43. The zero-order valence-corrected chi connectivity index (χ0v) is 19.9. The quantitative estimate of drug-likeness (QED) is 0.613. The van der Waals surface area contributed by atoms with Crippen LogP contribution in [0.5, 0.6) is 0 Å². The molecule has 2 aromatic rings. The fraction of sp³-hybridized carbons (Fsp3) is 0.385. The number of thioether (sulfide) groups is 1. The summed E-state index contributed by atoms with van der Waals surface area (Å²) < 4.78 is 13.2. The molecule has 8 heteroatoms. The van der Waals surface area contributed by atoms with E-state index in [1.165, 1.54) is 12.1 Å². The summed E-state index contributed by atoms with van der Waals surface area (Å²) in [6.45, 7) is 3.28. The standard InChI is InChI=1S/C26H29FN4O2S/c1-16(17-9-11-20(27)12-10-17)28-24(32)19-8-5-13-31(14-19)26-29-22-21(18-6-3-2-4-7-18)15-34-23(22)25(33)30-26/h2-4,6-7,9-12,15-16,19,22-23,26,29H,5,8,13-14H2,1H3,(H,28,32)(H,30,33). The van der Waals surface area contributed by atoms with Gasteiger partial charge >= 0.3 is 0 Å². The van der Waals surface area contributed by atoms with E-state index < -0.39 is 0 Å². The summed E-state index contributed by atoms with van der Waals surface area (Å²) in [5, 5.41) is 11.7. The smallest absolute Gasteiger partial charge is 0.237 e. The molecular formula is C26H29FN4O2S. The van der Waals surface area contributed by atoms with Crippen LogP contribution in [0.15, 0.2) is 60.0 Å². The van der Waals surface area contributed by atoms with Crippen LogP contribution in [-0.2, 0) is 9.59 Å². The lowest BCUT2D eigenvalue weighted by atomic mass is 9.94. The van der Waals surface area contributed by atoms with Crippen molar-refractivity contribution in [1.29, 1.82) is 0 Å². The zero-order chi connectivity index (χ0) is 23.7. The minimum absolute atomic E-state index is 0.0113. The Bertz CT molecular complexity index is 1080. The van der Waals surface area contributed by atoms with Crippen molar-refractivity contribution < 1.29 is 14.0 Å². The number of likely N-dealkylation sites (tertiary alicyclic amines) is 1. The second-order valence-corrected chi connectivity index (χ2v) is 10.2. The summed E-state index contributed by atoms with van der Waals surface area (Å²) in [6, 6.07) is 16.1. The molecule has 3 aliphatic rings. The van der Waals surface area contributed by atoms with Crippen molar-refractivity contribution in [2.75, 3.05) is 13.1 Å². The minimum atomic E-state index is -0.315. The molecule has 2 amide bonds. The predicted molar refractivity (Wildman–Crippen MR) is 132 cm³/mol. The first kappa shape index (κ1) is 23.1. The first-order valence-electron chi connectivity index (χ1n) is 11.8. The Morgan fingerprint density at radius 1 is 1.18 bits per heavy atom. The number of piperidine rings is 1. The Labute approximate surface area is 203 Å². The van der Waals surface area contributed by atoms with Gasteiger partial charge in [-0.1, -0.05) is 42.5 Å². The fourth-order valence-corrected chi connectivity index (χ4v) is 6.13. The first-order valence-corrected chi connectivity index (χ1v) is 12.7. The number of nitrogens with one attached hydrogen (secondary N) is 3. The SMILES string of the molecule is CC(NC(=O)C1CCCN(C2NC(=O)C3SC=C(c4ccccc4)C3N2)C1)c1ccc(F)cc1. The Morgan fingerprint density at radius 3 is 2.71 bits per heavy atom. The van der Waals surface area contributed by atoms with Gasteiger partial charge in [0.05, 0.1) is 18.0 Å². The minimum Gasteiger partial charge on any atom is -0.349 e. The molecule has 5 atom stereocenters. The molecule has 6 nitrogen and oxygen atoms in total. The summed E-state index contributed by atoms with van der Waals surface area (Å²) in [5.41, 5.74) is 3.12. The number of fused-ring (bicyclic) bond motifs is 1. The molecule has 3 N–H and O–H groups in total. The second kappa shape index (κ2) is 9.90. The van der Waals surface area contributed by atoms with Gasteiger partial charge < -0.3 is 10.6 Å². The molecule has 0 spiro atoms. The summed E-state index contributed by atoms with van der Waals surface area (Å²) in [6.07, 6.45) is 1.36. The summed E-state index contributed by atoms with van der Waals surface area (Å²) >= 11 is 1.55. The van der Waals surface area contributed by atoms with E-state index in [-0.39, 0.29) is 47.2 Å². The Balaban J connectivity index is 1.23. The van der Waals surface area contributed by atoms with Gasteiger partial charge in [-0.2, -0.15) is 0 Å². The van der Waals surface area contributed by atoms with Gasteiger partial charge in [-0.3, -0.25) is 19.8 Å². The monoisotopic (exact) mass is 480 g/mol. The number of carbonyl (C=O) groups is 2. The van der Waals surface area contributed by atoms with Gasteiger partial charge in [0.2, 0.25) is 11.8 Å². The van der Waals surface area contributed by atoms with Gasteiger partial charge in [-0.05, 0) is 54.0 Å². The third-order valence-electron chi connectivity index (χ3n) is 6.88. The van der Waals surface area contributed by atoms with Crippen molar-refractivity contribution in [1.82, 2.24) is 20.9 Å². The van der Waals surface area contributed by atoms with Gasteiger partial charge in [0.15, 0.2) is 0 Å². The van der Waals surface area contributed by atoms with Gasteiger partial charge in [0, 0.05) is 13.1 Å². The van der Waals surface area contributed by atoms with Crippen molar-refractivity contribution in [3.05, 3.63) is 76.9 Å². The lowest BCUT2D eigenvalue weighted by molar-refractivity contribution is -0.129. The van der Waals surface area contributed by atoms with E-state index in [1.54, 1.807) is 23.9 Å². The van der Waals surface area contributed by atoms with Crippen LogP contribution in [0.1, 0.15) is 36.9 Å². The van der Waals surface area contributed by atoms with Crippen LogP contribution in [0.4, 0.5) is 4.39 Å². The van der Waals surface area contributed by atoms with E-state index in [0.717, 1.165) is 36.1 Å². The first-order chi connectivity index (χ1) is 16.5. The Hall–Kier alpha value is -2.68. The number of halogens is 1. The van der Waals surface area contributed by atoms with Crippen molar-refractivity contribution >= 4 is 29.1 Å². The highest BCUT2D eigenvalue weighted by atomic mass is 32.2. The van der Waals surface area contributed by atoms with Crippen LogP contribution in [0.3, 0.4) is 0 Å². The Morgan fingerprint density at radius 2 is 1.94 bits per heavy atom. The van der Waals surface area contributed by atoms with E-state index >= 15 is 0 Å². The number of rotatable bonds is 5. The van der Waals surface area contributed by atoms with Crippen molar-refractivity contribution in [2.24, 2.45) is 5.92 Å². The average Bonchev–Trinajstić information content (AvgIpc) is 3.30. The van der Waals surface area contributed by atoms with E-state index in [2.05, 4.69) is 38.4 Å². The summed E-state index contributed by atoms with van der Waals surface area (Å²) in [4.78, 5) is 28.1. The third kappa shape index (κ3) is 4.76. The normalized spacial score (nSPS) is 27.9. The molecule has 0 radical (unpaired) electrons. The Kier molecular flexibility index (Phi) is 6.72. The molecule has 0 aromatic heterocycles. The maximum atomic E-state index is 13.2. The van der Waals surface area contributed by atoms with Crippen molar-refractivity contribution in [2.45, 2.75) is 43.4 Å². The summed E-state index contributed by atoms with van der Waals surface area (Å²) in [7, 11) is 0. The molecule has 3 aliphatic heterocycles. The average molecular weight is 481 g/mol. The van der Waals surface area contributed by atoms with E-state index in [9.17, 15) is 14.0 Å². The topological polar surface area (TPSA) is 73.5 Å². The molecule has 2 aromatic carbocycles. The molecule has 3 heterocycles. The number of benzene rings is 2. The van der Waals surface area contributed by atoms with Gasteiger partial charge in [0.25, 0.3) is 0 Å². The van der Waals surface area contributed by atoms with E-state index in [0.29, 0.717) is 6.54 Å². The molecule has 2 fully saturated rings. The van der Waals surface area contributed by atoms with Crippen LogP contribution in [-0.4, -0.2) is 47.4 Å². The second-order valence-electron chi connectivity index (χ2n) is 9.17. The van der Waals surface area contributed by atoms with Crippen molar-refractivity contribution in [3.8, 4) is 0 Å². The van der Waals surface area contributed by atoms with Gasteiger partial charge in [-0.25, -0.2) is 4.39 Å². The van der Waals surface area contributed by atoms with Crippen molar-refractivity contribution in [3.63, 3.8) is 0 Å². The maximum Gasteiger partial charge on any atom is 0.237 e. The number of hydrogen-bond donors (Lipinski definition) is 3.